The Bertz CT molecular complexity index is 549. The second-order valence-electron chi connectivity index (χ2n) is 7.86. The Morgan fingerprint density at radius 3 is 2.65 bits per heavy atom. The summed E-state index contributed by atoms with van der Waals surface area (Å²) in [7, 11) is 0. The van der Waals surface area contributed by atoms with Crippen LogP contribution in [0.2, 0.25) is 0 Å². The van der Waals surface area contributed by atoms with Gasteiger partial charge in [0, 0.05) is 11.3 Å². The second kappa shape index (κ2) is 6.26. The molecular formula is C19H27NO3. The number of rotatable bonds is 3. The zero-order valence-corrected chi connectivity index (χ0v) is 14.0. The molecule has 0 aromatic heterocycles. The summed E-state index contributed by atoms with van der Waals surface area (Å²) in [6.45, 7) is 2.14. The van der Waals surface area contributed by atoms with Gasteiger partial charge < -0.3 is 5.11 Å². The topological polar surface area (TPSA) is 66.7 Å². The van der Waals surface area contributed by atoms with Gasteiger partial charge in [-0.15, -0.1) is 4.91 Å². The predicted octanol–water partition coefficient (Wildman–Crippen LogP) is 4.38. The highest BCUT2D eigenvalue weighted by Gasteiger charge is 2.61. The minimum atomic E-state index is -0.764. The Morgan fingerprint density at radius 2 is 2.00 bits per heavy atom. The molecule has 3 aliphatic carbocycles. The molecule has 23 heavy (non-hydrogen) atoms. The molecule has 5 atom stereocenters. The van der Waals surface area contributed by atoms with Crippen molar-refractivity contribution in [2.75, 3.05) is 0 Å². The quantitative estimate of drug-likeness (QED) is 0.477. The monoisotopic (exact) mass is 317 g/mol. The maximum atomic E-state index is 11.8. The third-order valence-electron chi connectivity index (χ3n) is 6.80. The molecule has 0 spiro atoms. The van der Waals surface area contributed by atoms with Crippen molar-refractivity contribution in [2.45, 2.75) is 76.7 Å². The molecule has 0 radical (unpaired) electrons. The van der Waals surface area contributed by atoms with Crippen molar-refractivity contribution in [3.63, 3.8) is 0 Å². The van der Waals surface area contributed by atoms with Crippen LogP contribution in [0.5, 0.6) is 0 Å². The van der Waals surface area contributed by atoms with E-state index in [1.54, 1.807) is 0 Å². The number of aliphatic carboxylic acids is 1. The van der Waals surface area contributed by atoms with Gasteiger partial charge in [-0.25, -0.2) is 0 Å². The molecule has 0 heterocycles. The first-order chi connectivity index (χ1) is 11.1. The fraction of sp³-hybridized carbons (Fsp3) is 0.842. The Hall–Kier alpha value is -1.37. The first-order valence-electron chi connectivity index (χ1n) is 9.16. The highest BCUT2D eigenvalue weighted by atomic mass is 16.4. The molecule has 4 heteroatoms. The summed E-state index contributed by atoms with van der Waals surface area (Å²) in [5.41, 5.74) is -0.824. The molecular weight excluding hydrogens is 290 g/mol. The fourth-order valence-electron chi connectivity index (χ4n) is 5.36. The standard InChI is InChI=1S/C19H27NO3/c1-2-18-10-8-14(12-18)13-19(18,20-23)11-9-15-6-4-3-5-7-16(15)17(21)22/h14-16H,2-8,10,12-13H2,1H3,(H,21,22). The molecule has 126 valence electrons. The van der Waals surface area contributed by atoms with Crippen LogP contribution >= 0.6 is 0 Å². The summed E-state index contributed by atoms with van der Waals surface area (Å²) in [5, 5.41) is 13.0. The first kappa shape index (κ1) is 16.5. The van der Waals surface area contributed by atoms with Crippen LogP contribution in [0.3, 0.4) is 0 Å². The van der Waals surface area contributed by atoms with Gasteiger partial charge in [0.05, 0.1) is 5.92 Å². The number of carboxylic acids is 1. The average molecular weight is 317 g/mol. The smallest absolute Gasteiger partial charge is 0.307 e. The van der Waals surface area contributed by atoms with Gasteiger partial charge in [0.2, 0.25) is 0 Å². The average Bonchev–Trinajstić information content (AvgIpc) is 3.00. The van der Waals surface area contributed by atoms with Crippen molar-refractivity contribution in [3.05, 3.63) is 4.91 Å². The Morgan fingerprint density at radius 1 is 1.22 bits per heavy atom. The summed E-state index contributed by atoms with van der Waals surface area (Å²) in [5.74, 6) is 5.83. The van der Waals surface area contributed by atoms with Crippen LogP contribution in [-0.4, -0.2) is 16.6 Å². The zero-order valence-electron chi connectivity index (χ0n) is 14.0. The molecule has 3 rings (SSSR count). The number of hydrogen-bond acceptors (Lipinski definition) is 3. The predicted molar refractivity (Wildman–Crippen MR) is 88.7 cm³/mol. The molecule has 4 nitrogen and oxygen atoms in total. The summed E-state index contributed by atoms with van der Waals surface area (Å²) in [4.78, 5) is 23.3. The SMILES string of the molecule is CCC12CCC(C1)CC2(C#CC1CCCCCC1C(=O)O)N=O. The Balaban J connectivity index is 1.88. The lowest BCUT2D eigenvalue weighted by molar-refractivity contribution is -0.143. The molecule has 5 unspecified atom stereocenters. The van der Waals surface area contributed by atoms with Crippen molar-refractivity contribution in [1.29, 1.82) is 0 Å². The number of hydrogen-bond donors (Lipinski definition) is 1. The van der Waals surface area contributed by atoms with E-state index in [1.165, 1.54) is 6.42 Å². The Labute approximate surface area is 138 Å². The van der Waals surface area contributed by atoms with Crippen LogP contribution in [0.4, 0.5) is 0 Å². The van der Waals surface area contributed by atoms with E-state index in [0.29, 0.717) is 12.3 Å². The van der Waals surface area contributed by atoms with E-state index in [4.69, 9.17) is 0 Å². The van der Waals surface area contributed by atoms with E-state index in [-0.39, 0.29) is 17.3 Å². The molecule has 3 aliphatic rings. The number of nitrogens with zero attached hydrogens (tertiary/aromatic N) is 1. The summed E-state index contributed by atoms with van der Waals surface area (Å²) in [6.07, 6.45) is 9.64. The zero-order chi connectivity index (χ0) is 16.5. The van der Waals surface area contributed by atoms with Gasteiger partial charge in [-0.1, -0.05) is 38.0 Å². The van der Waals surface area contributed by atoms with Gasteiger partial charge in [-0.2, -0.15) is 0 Å². The van der Waals surface area contributed by atoms with Crippen LogP contribution in [0.15, 0.2) is 5.18 Å². The molecule has 0 aromatic carbocycles. The van der Waals surface area contributed by atoms with Crippen LogP contribution in [0.1, 0.15) is 71.1 Å². The van der Waals surface area contributed by atoms with E-state index in [2.05, 4.69) is 23.9 Å². The minimum absolute atomic E-state index is 0.0597. The molecule has 3 fully saturated rings. The number of carboxylic acid groups (broad SMARTS) is 1. The van der Waals surface area contributed by atoms with Crippen LogP contribution in [0, 0.1) is 39.9 Å². The fourth-order valence-corrected chi connectivity index (χ4v) is 5.36. The largest absolute Gasteiger partial charge is 0.481 e. The van der Waals surface area contributed by atoms with Crippen LogP contribution in [0.25, 0.3) is 0 Å². The number of fused-ring (bicyclic) bond motifs is 2. The number of carbonyl (C=O) groups is 1. The van der Waals surface area contributed by atoms with Gasteiger partial charge in [-0.05, 0) is 56.0 Å². The minimum Gasteiger partial charge on any atom is -0.481 e. The van der Waals surface area contributed by atoms with E-state index >= 15 is 0 Å². The van der Waals surface area contributed by atoms with Crippen molar-refractivity contribution >= 4 is 5.97 Å². The van der Waals surface area contributed by atoms with Gasteiger partial charge in [0.1, 0.15) is 0 Å². The lowest BCUT2D eigenvalue weighted by Gasteiger charge is -2.37. The van der Waals surface area contributed by atoms with Crippen LogP contribution in [-0.2, 0) is 4.79 Å². The lowest BCUT2D eigenvalue weighted by atomic mass is 9.67. The van der Waals surface area contributed by atoms with Gasteiger partial charge in [0.15, 0.2) is 5.54 Å². The maximum absolute atomic E-state index is 11.8. The molecule has 2 bridgehead atoms. The molecule has 0 aromatic rings. The lowest BCUT2D eigenvalue weighted by Crippen LogP contribution is -2.41. The molecule has 1 N–H and O–H groups in total. The van der Waals surface area contributed by atoms with E-state index in [0.717, 1.165) is 51.4 Å². The molecule has 3 saturated carbocycles. The van der Waals surface area contributed by atoms with Gasteiger partial charge in [0.25, 0.3) is 0 Å². The van der Waals surface area contributed by atoms with Gasteiger partial charge >= 0.3 is 5.97 Å². The van der Waals surface area contributed by atoms with Crippen molar-refractivity contribution in [2.24, 2.45) is 28.3 Å². The Kier molecular flexibility index (Phi) is 4.49. The molecule has 0 aliphatic heterocycles. The third-order valence-corrected chi connectivity index (χ3v) is 6.80. The summed E-state index contributed by atoms with van der Waals surface area (Å²) in [6, 6.07) is 0. The normalized spacial score (nSPS) is 42.6. The van der Waals surface area contributed by atoms with E-state index in [1.807, 2.05) is 0 Å². The summed E-state index contributed by atoms with van der Waals surface area (Å²) >= 11 is 0. The second-order valence-corrected chi connectivity index (χ2v) is 7.86. The van der Waals surface area contributed by atoms with E-state index in [9.17, 15) is 14.8 Å². The first-order valence-corrected chi connectivity index (χ1v) is 9.16. The third kappa shape index (κ3) is 2.69. The van der Waals surface area contributed by atoms with Crippen molar-refractivity contribution in [1.82, 2.24) is 0 Å². The molecule has 0 saturated heterocycles. The van der Waals surface area contributed by atoms with E-state index < -0.39 is 11.5 Å². The van der Waals surface area contributed by atoms with Crippen LogP contribution < -0.4 is 0 Å². The van der Waals surface area contributed by atoms with Crippen molar-refractivity contribution in [3.8, 4) is 11.8 Å². The highest BCUT2D eigenvalue weighted by molar-refractivity contribution is 5.71. The van der Waals surface area contributed by atoms with Gasteiger partial charge in [-0.3, -0.25) is 4.79 Å². The highest BCUT2D eigenvalue weighted by Crippen LogP contribution is 2.62. The number of nitroso groups, excluding NO2 is 1. The molecule has 0 amide bonds. The van der Waals surface area contributed by atoms with Crippen molar-refractivity contribution < 1.29 is 9.90 Å². The maximum Gasteiger partial charge on any atom is 0.307 e. The summed E-state index contributed by atoms with van der Waals surface area (Å²) < 4.78 is 0.